The Morgan fingerprint density at radius 2 is 1.96 bits per heavy atom. The number of benzene rings is 2. The first kappa shape index (κ1) is 18.5. The summed E-state index contributed by atoms with van der Waals surface area (Å²) in [6, 6.07) is 15.0. The molecule has 0 saturated heterocycles. The quantitative estimate of drug-likeness (QED) is 0.443. The second-order valence-corrected chi connectivity index (χ2v) is 7.63. The molecule has 0 aliphatic heterocycles. The van der Waals surface area contributed by atoms with Crippen molar-refractivity contribution < 1.29 is 9.15 Å². The van der Waals surface area contributed by atoms with Crippen molar-refractivity contribution in [1.82, 2.24) is 25.4 Å². The van der Waals surface area contributed by atoms with Crippen LogP contribution in [0, 0.1) is 0 Å². The molecule has 2 heterocycles. The van der Waals surface area contributed by atoms with Crippen molar-refractivity contribution in [2.75, 3.05) is 7.11 Å². The fourth-order valence-corrected chi connectivity index (χ4v) is 3.52. The zero-order valence-electron chi connectivity index (χ0n) is 15.1. The van der Waals surface area contributed by atoms with Gasteiger partial charge >= 0.3 is 0 Å². The van der Waals surface area contributed by atoms with Crippen LogP contribution in [-0.2, 0) is 0 Å². The Labute approximate surface area is 170 Å². The maximum atomic E-state index is 6.10. The molecule has 0 aliphatic rings. The monoisotopic (exact) mass is 413 g/mol. The third-order valence-electron chi connectivity index (χ3n) is 3.97. The number of hydrogen-bond donors (Lipinski definition) is 1. The number of H-pyrrole nitrogens is 1. The summed E-state index contributed by atoms with van der Waals surface area (Å²) in [5.41, 5.74) is 1.62. The maximum absolute atomic E-state index is 6.10. The summed E-state index contributed by atoms with van der Waals surface area (Å²) >= 11 is 7.51. The average molecular weight is 414 g/mol. The van der Waals surface area contributed by atoms with E-state index in [2.05, 4.69) is 25.4 Å². The van der Waals surface area contributed by atoms with Crippen LogP contribution in [0.15, 0.2) is 58.1 Å². The molecule has 142 valence electrons. The molecule has 1 N–H and O–H groups in total. The summed E-state index contributed by atoms with van der Waals surface area (Å²) in [5, 5.41) is 16.5. The number of nitrogens with zero attached hydrogens (tertiary/aromatic N) is 4. The second-order valence-electron chi connectivity index (χ2n) is 5.88. The molecule has 4 aromatic rings. The minimum Gasteiger partial charge on any atom is -0.496 e. The van der Waals surface area contributed by atoms with Crippen LogP contribution in [0.3, 0.4) is 0 Å². The van der Waals surface area contributed by atoms with Crippen LogP contribution < -0.4 is 4.74 Å². The van der Waals surface area contributed by atoms with E-state index in [1.807, 2.05) is 37.3 Å². The van der Waals surface area contributed by atoms with E-state index in [1.54, 1.807) is 25.3 Å². The van der Waals surface area contributed by atoms with Gasteiger partial charge in [0.05, 0.1) is 17.9 Å². The van der Waals surface area contributed by atoms with Crippen LogP contribution in [0.2, 0.25) is 5.02 Å². The minimum absolute atomic E-state index is 0.116. The van der Waals surface area contributed by atoms with Gasteiger partial charge in [0.1, 0.15) is 5.75 Å². The van der Waals surface area contributed by atoms with Crippen molar-refractivity contribution >= 4 is 23.4 Å². The zero-order chi connectivity index (χ0) is 19.5. The van der Waals surface area contributed by atoms with Gasteiger partial charge in [0.25, 0.3) is 0 Å². The molecule has 0 amide bonds. The number of thioether (sulfide) groups is 1. The first-order chi connectivity index (χ1) is 13.6. The topological polar surface area (TPSA) is 89.7 Å². The van der Waals surface area contributed by atoms with Gasteiger partial charge in [-0.3, -0.25) is 5.10 Å². The smallest absolute Gasteiger partial charge is 0.247 e. The van der Waals surface area contributed by atoms with Crippen LogP contribution >= 0.6 is 23.4 Å². The number of methoxy groups -OCH3 is 1. The Bertz CT molecular complexity index is 1080. The van der Waals surface area contributed by atoms with Crippen molar-refractivity contribution in [3.63, 3.8) is 0 Å². The third-order valence-corrected chi connectivity index (χ3v) is 5.16. The van der Waals surface area contributed by atoms with Crippen LogP contribution in [0.1, 0.15) is 18.1 Å². The number of aromatic nitrogens is 5. The van der Waals surface area contributed by atoms with E-state index in [0.29, 0.717) is 33.5 Å². The Morgan fingerprint density at radius 1 is 1.14 bits per heavy atom. The van der Waals surface area contributed by atoms with Gasteiger partial charge in [-0.1, -0.05) is 41.6 Å². The number of rotatable bonds is 6. The van der Waals surface area contributed by atoms with Gasteiger partial charge in [-0.2, -0.15) is 0 Å². The highest BCUT2D eigenvalue weighted by atomic mass is 35.5. The van der Waals surface area contributed by atoms with Crippen molar-refractivity contribution in [2.24, 2.45) is 0 Å². The molecular weight excluding hydrogens is 398 g/mol. The molecule has 0 saturated carbocycles. The lowest BCUT2D eigenvalue weighted by Gasteiger charge is -2.05. The minimum atomic E-state index is -0.116. The highest BCUT2D eigenvalue weighted by molar-refractivity contribution is 7.99. The molecule has 0 spiro atoms. The van der Waals surface area contributed by atoms with E-state index in [-0.39, 0.29) is 5.25 Å². The molecule has 4 rings (SSSR count). The molecule has 0 bridgehead atoms. The van der Waals surface area contributed by atoms with E-state index in [1.165, 1.54) is 11.8 Å². The summed E-state index contributed by atoms with van der Waals surface area (Å²) < 4.78 is 11.2. The predicted molar refractivity (Wildman–Crippen MR) is 107 cm³/mol. The molecule has 1 atom stereocenters. The Hall–Kier alpha value is -2.84. The summed E-state index contributed by atoms with van der Waals surface area (Å²) in [7, 11) is 1.60. The lowest BCUT2D eigenvalue weighted by molar-refractivity contribution is 0.416. The number of halogens is 1. The van der Waals surface area contributed by atoms with Crippen LogP contribution in [-0.4, -0.2) is 32.5 Å². The Kier molecular flexibility index (Phi) is 5.31. The number of aromatic amines is 1. The fourth-order valence-electron chi connectivity index (χ4n) is 2.59. The van der Waals surface area contributed by atoms with E-state index in [0.717, 1.165) is 11.1 Å². The largest absolute Gasteiger partial charge is 0.496 e. The molecule has 28 heavy (non-hydrogen) atoms. The molecule has 7 nitrogen and oxygen atoms in total. The Morgan fingerprint density at radius 3 is 2.75 bits per heavy atom. The fraction of sp³-hybridized carbons (Fsp3) is 0.158. The SMILES string of the molecule is COc1ccc(Cl)cc1-c1nc(S[C@H](C)c2nnc(-c3ccccc3)o2)n[nH]1. The highest BCUT2D eigenvalue weighted by Crippen LogP contribution is 2.35. The van der Waals surface area contributed by atoms with Gasteiger partial charge in [-0.05, 0) is 37.3 Å². The molecule has 0 unspecified atom stereocenters. The first-order valence-corrected chi connectivity index (χ1v) is 9.71. The van der Waals surface area contributed by atoms with Crippen LogP contribution in [0.4, 0.5) is 0 Å². The number of hydrogen-bond acceptors (Lipinski definition) is 7. The third kappa shape index (κ3) is 3.88. The number of ether oxygens (including phenoxy) is 1. The van der Waals surface area contributed by atoms with E-state index in [4.69, 9.17) is 20.8 Å². The van der Waals surface area contributed by atoms with Crippen LogP contribution in [0.25, 0.3) is 22.8 Å². The predicted octanol–water partition coefficient (Wildman–Crippen LogP) is 5.04. The summed E-state index contributed by atoms with van der Waals surface area (Å²) in [4.78, 5) is 4.53. The standard InChI is InChI=1S/C19H16ClN5O2S/c1-11(17-23-24-18(27-17)12-6-4-3-5-7-12)28-19-21-16(22-25-19)14-10-13(20)8-9-15(14)26-2/h3-11H,1-2H3,(H,21,22,25)/t11-/m1/s1. The molecule has 0 radical (unpaired) electrons. The molecular formula is C19H16ClN5O2S. The van der Waals surface area contributed by atoms with Gasteiger partial charge in [0, 0.05) is 10.6 Å². The van der Waals surface area contributed by atoms with E-state index >= 15 is 0 Å². The second kappa shape index (κ2) is 8.04. The normalized spacial score (nSPS) is 12.1. The molecule has 2 aromatic heterocycles. The lowest BCUT2D eigenvalue weighted by Crippen LogP contribution is -1.90. The molecule has 9 heteroatoms. The maximum Gasteiger partial charge on any atom is 0.247 e. The van der Waals surface area contributed by atoms with Gasteiger partial charge in [-0.25, -0.2) is 4.98 Å². The lowest BCUT2D eigenvalue weighted by atomic mass is 10.2. The average Bonchev–Trinajstić information content (AvgIpc) is 3.38. The van der Waals surface area contributed by atoms with Gasteiger partial charge in [-0.15, -0.1) is 15.3 Å². The number of nitrogens with one attached hydrogen (secondary N) is 1. The van der Waals surface area contributed by atoms with Crippen molar-refractivity contribution in [1.29, 1.82) is 0 Å². The molecule has 2 aromatic carbocycles. The summed E-state index contributed by atoms with van der Waals surface area (Å²) in [6.45, 7) is 1.96. The van der Waals surface area contributed by atoms with E-state index in [9.17, 15) is 0 Å². The van der Waals surface area contributed by atoms with Gasteiger partial charge in [0.15, 0.2) is 5.82 Å². The van der Waals surface area contributed by atoms with Gasteiger partial charge < -0.3 is 9.15 Å². The molecule has 0 aliphatic carbocycles. The van der Waals surface area contributed by atoms with Crippen LogP contribution in [0.5, 0.6) is 5.75 Å². The molecule has 0 fully saturated rings. The Balaban J connectivity index is 1.52. The van der Waals surface area contributed by atoms with Gasteiger partial charge in [0.2, 0.25) is 16.9 Å². The first-order valence-electron chi connectivity index (χ1n) is 8.46. The van der Waals surface area contributed by atoms with E-state index < -0.39 is 0 Å². The summed E-state index contributed by atoms with van der Waals surface area (Å²) in [5.74, 6) is 2.23. The van der Waals surface area contributed by atoms with Crippen molar-refractivity contribution in [3.05, 3.63) is 59.4 Å². The highest BCUT2D eigenvalue weighted by Gasteiger charge is 2.19. The van der Waals surface area contributed by atoms with Crippen molar-refractivity contribution in [2.45, 2.75) is 17.3 Å². The van der Waals surface area contributed by atoms with Crippen molar-refractivity contribution in [3.8, 4) is 28.6 Å². The zero-order valence-corrected chi connectivity index (χ0v) is 16.7. The summed E-state index contributed by atoms with van der Waals surface area (Å²) in [6.07, 6.45) is 0.